The molecule has 0 amide bonds. The Morgan fingerprint density at radius 3 is 1.89 bits per heavy atom. The second kappa shape index (κ2) is 6.83. The molecule has 0 aliphatic rings. The number of aldehydes is 1. The molecule has 0 aromatic heterocycles. The molecule has 0 spiro atoms. The van der Waals surface area contributed by atoms with Crippen molar-refractivity contribution in [2.75, 3.05) is 6.61 Å². The molecule has 13 heteroatoms. The quantitative estimate of drug-likeness (QED) is 0.205. The first-order valence-corrected chi connectivity index (χ1v) is 7.28. The zero-order valence-electron chi connectivity index (χ0n) is 8.64. The van der Waals surface area contributed by atoms with Crippen molar-refractivity contribution >= 4 is 21.9 Å². The molecule has 3 atom stereocenters. The zero-order chi connectivity index (χ0) is 14.6. The topological polar surface area (TPSA) is 191 Å². The number of hydrogen-bond donors (Lipinski definition) is 6. The summed E-state index contributed by atoms with van der Waals surface area (Å²) in [6, 6.07) is 0. The zero-order valence-corrected chi connectivity index (χ0v) is 10.4. The standard InChI is InChI=1S/C5H12O11P2/c6-1-3(7)5(8)4(16-18(12,13)14)2-15-17(9,10)11/h1,3-5,7-8H,2H2,(H2,9,10,11)(H2,12,13,14)/t3-,4-,5-/m1/s1. The van der Waals surface area contributed by atoms with Crippen LogP contribution in [0.3, 0.4) is 0 Å². The van der Waals surface area contributed by atoms with E-state index in [9.17, 15) is 19.0 Å². The van der Waals surface area contributed by atoms with Crippen molar-refractivity contribution in [1.82, 2.24) is 0 Å². The minimum atomic E-state index is -5.13. The van der Waals surface area contributed by atoms with Crippen LogP contribution >= 0.6 is 15.6 Å². The van der Waals surface area contributed by atoms with E-state index in [0.717, 1.165) is 0 Å². The summed E-state index contributed by atoms with van der Waals surface area (Å²) < 4.78 is 28.7. The molecule has 0 rings (SSSR count). The Hall–Kier alpha value is -0.190. The second-order valence-electron chi connectivity index (χ2n) is 3.04. The van der Waals surface area contributed by atoms with Crippen molar-refractivity contribution in [3.63, 3.8) is 0 Å². The molecule has 0 saturated carbocycles. The number of hydrogen-bond acceptors (Lipinski definition) is 7. The lowest BCUT2D eigenvalue weighted by Gasteiger charge is -2.24. The van der Waals surface area contributed by atoms with Gasteiger partial charge in [0.2, 0.25) is 0 Å². The summed E-state index contributed by atoms with van der Waals surface area (Å²) in [6.07, 6.45) is -6.37. The monoisotopic (exact) mass is 310 g/mol. The number of phosphoric ester groups is 2. The van der Waals surface area contributed by atoms with Crippen LogP contribution < -0.4 is 0 Å². The van der Waals surface area contributed by atoms with Crippen LogP contribution in [0.2, 0.25) is 0 Å². The number of aliphatic hydroxyl groups excluding tert-OH is 2. The lowest BCUT2D eigenvalue weighted by Crippen LogP contribution is -2.42. The van der Waals surface area contributed by atoms with E-state index in [0.29, 0.717) is 0 Å². The Labute approximate surface area is 100 Å². The van der Waals surface area contributed by atoms with E-state index in [4.69, 9.17) is 24.7 Å². The first-order chi connectivity index (χ1) is 7.96. The molecule has 0 radical (unpaired) electrons. The van der Waals surface area contributed by atoms with Gasteiger partial charge in [0.1, 0.15) is 18.3 Å². The maximum atomic E-state index is 10.5. The SMILES string of the molecule is O=C[C@@H](O)[C@@H](O)[C@@H](COP(=O)(O)O)OP(=O)(O)O. The third kappa shape index (κ3) is 8.01. The largest absolute Gasteiger partial charge is 0.470 e. The molecule has 0 aliphatic carbocycles. The second-order valence-corrected chi connectivity index (χ2v) is 5.47. The number of carbonyl (C=O) groups excluding carboxylic acids is 1. The van der Waals surface area contributed by atoms with Crippen LogP contribution in [-0.2, 0) is 23.0 Å². The van der Waals surface area contributed by atoms with Gasteiger partial charge in [-0.05, 0) is 0 Å². The van der Waals surface area contributed by atoms with Gasteiger partial charge in [0.25, 0.3) is 0 Å². The third-order valence-electron chi connectivity index (χ3n) is 1.55. The first kappa shape index (κ1) is 17.8. The Bertz CT molecular complexity index is 356. The van der Waals surface area contributed by atoms with Crippen molar-refractivity contribution < 1.29 is 52.8 Å². The molecule has 0 aromatic rings. The van der Waals surface area contributed by atoms with Gasteiger partial charge in [-0.3, -0.25) is 9.05 Å². The fourth-order valence-corrected chi connectivity index (χ4v) is 1.72. The minimum Gasteiger partial charge on any atom is -0.387 e. The van der Waals surface area contributed by atoms with Crippen LogP contribution in [0.25, 0.3) is 0 Å². The van der Waals surface area contributed by atoms with Gasteiger partial charge >= 0.3 is 15.6 Å². The van der Waals surface area contributed by atoms with Gasteiger partial charge in [-0.25, -0.2) is 9.13 Å². The van der Waals surface area contributed by atoms with Crippen LogP contribution in [0, 0.1) is 0 Å². The number of phosphoric acid groups is 2. The predicted molar refractivity (Wildman–Crippen MR) is 53.0 cm³/mol. The first-order valence-electron chi connectivity index (χ1n) is 4.22. The van der Waals surface area contributed by atoms with Crippen LogP contribution in [0.4, 0.5) is 0 Å². The summed E-state index contributed by atoms with van der Waals surface area (Å²) in [5.74, 6) is 0. The maximum absolute atomic E-state index is 10.5. The van der Waals surface area contributed by atoms with E-state index < -0.39 is 40.6 Å². The van der Waals surface area contributed by atoms with E-state index in [1.54, 1.807) is 0 Å². The Kier molecular flexibility index (Phi) is 6.75. The Balaban J connectivity index is 4.77. The van der Waals surface area contributed by atoms with E-state index in [2.05, 4.69) is 9.05 Å². The van der Waals surface area contributed by atoms with Crippen LogP contribution in [0.15, 0.2) is 0 Å². The molecule has 0 bridgehead atoms. The highest BCUT2D eigenvalue weighted by Gasteiger charge is 2.34. The van der Waals surface area contributed by atoms with Gasteiger partial charge in [-0.15, -0.1) is 0 Å². The van der Waals surface area contributed by atoms with Gasteiger partial charge in [-0.1, -0.05) is 0 Å². The Morgan fingerprint density at radius 2 is 1.56 bits per heavy atom. The molecule has 0 aromatic carbocycles. The van der Waals surface area contributed by atoms with Gasteiger partial charge in [-0.2, -0.15) is 0 Å². The van der Waals surface area contributed by atoms with E-state index >= 15 is 0 Å². The fourth-order valence-electron chi connectivity index (χ4n) is 0.839. The van der Waals surface area contributed by atoms with E-state index in [-0.39, 0.29) is 6.29 Å². The number of aliphatic hydroxyl groups is 2. The van der Waals surface area contributed by atoms with Crippen molar-refractivity contribution in [2.45, 2.75) is 18.3 Å². The highest BCUT2D eigenvalue weighted by Crippen LogP contribution is 2.41. The smallest absolute Gasteiger partial charge is 0.387 e. The van der Waals surface area contributed by atoms with E-state index in [1.807, 2.05) is 0 Å². The molecule has 0 unspecified atom stereocenters. The van der Waals surface area contributed by atoms with Gasteiger partial charge < -0.3 is 34.6 Å². The molecular weight excluding hydrogens is 298 g/mol. The average molecular weight is 310 g/mol. The molecule has 0 fully saturated rings. The highest BCUT2D eigenvalue weighted by atomic mass is 31.2. The Morgan fingerprint density at radius 1 is 1.06 bits per heavy atom. The summed E-state index contributed by atoms with van der Waals surface area (Å²) >= 11 is 0. The number of carbonyl (C=O) groups is 1. The molecule has 0 aliphatic heterocycles. The summed E-state index contributed by atoms with van der Waals surface area (Å²) in [5, 5.41) is 18.2. The van der Waals surface area contributed by atoms with Crippen molar-refractivity contribution in [2.24, 2.45) is 0 Å². The number of rotatable bonds is 8. The highest BCUT2D eigenvalue weighted by molar-refractivity contribution is 7.46. The van der Waals surface area contributed by atoms with Crippen LogP contribution in [-0.4, -0.2) is 61.0 Å². The summed E-state index contributed by atoms with van der Waals surface area (Å²) in [4.78, 5) is 43.9. The van der Waals surface area contributed by atoms with Gasteiger partial charge in [0, 0.05) is 0 Å². The lowest BCUT2D eigenvalue weighted by atomic mass is 10.1. The van der Waals surface area contributed by atoms with Crippen molar-refractivity contribution in [1.29, 1.82) is 0 Å². The third-order valence-corrected chi connectivity index (χ3v) is 2.58. The van der Waals surface area contributed by atoms with Gasteiger partial charge in [0.15, 0.2) is 6.29 Å². The summed E-state index contributed by atoms with van der Waals surface area (Å²) in [5.41, 5.74) is 0. The van der Waals surface area contributed by atoms with E-state index in [1.165, 1.54) is 0 Å². The summed E-state index contributed by atoms with van der Waals surface area (Å²) in [6.45, 7) is -1.15. The molecule has 108 valence electrons. The normalized spacial score (nSPS) is 18.1. The van der Waals surface area contributed by atoms with Crippen LogP contribution in [0.1, 0.15) is 0 Å². The molecule has 18 heavy (non-hydrogen) atoms. The lowest BCUT2D eigenvalue weighted by molar-refractivity contribution is -0.127. The molecule has 0 heterocycles. The average Bonchev–Trinajstić information content (AvgIpc) is 2.19. The molecule has 11 nitrogen and oxygen atoms in total. The van der Waals surface area contributed by atoms with Gasteiger partial charge in [0.05, 0.1) is 6.61 Å². The van der Waals surface area contributed by atoms with Crippen molar-refractivity contribution in [3.8, 4) is 0 Å². The minimum absolute atomic E-state index is 0.155. The van der Waals surface area contributed by atoms with Crippen LogP contribution in [0.5, 0.6) is 0 Å². The maximum Gasteiger partial charge on any atom is 0.470 e. The van der Waals surface area contributed by atoms with Crippen molar-refractivity contribution in [3.05, 3.63) is 0 Å². The summed E-state index contributed by atoms with van der Waals surface area (Å²) in [7, 11) is -10.1. The fraction of sp³-hybridized carbons (Fsp3) is 0.800. The molecule has 0 saturated heterocycles. The predicted octanol–water partition coefficient (Wildman–Crippen LogP) is -2.51. The molecular formula is C5H12O11P2. The molecule has 6 N–H and O–H groups in total.